The molecule has 0 radical (unpaired) electrons. The van der Waals surface area contributed by atoms with Gasteiger partial charge in [-0.15, -0.1) is 11.8 Å². The van der Waals surface area contributed by atoms with Gasteiger partial charge in [-0.25, -0.2) is 9.78 Å². The molecule has 0 spiro atoms. The number of anilines is 2. The Hall–Kier alpha value is -2.01. The fourth-order valence-electron chi connectivity index (χ4n) is 2.05. The molecule has 5 heteroatoms. The lowest BCUT2D eigenvalue weighted by Crippen LogP contribution is -2.04. The number of benzene rings is 1. The number of para-hydroxylation sites is 1. The normalized spacial score (nSPS) is 10.4. The first kappa shape index (κ1) is 15.4. The van der Waals surface area contributed by atoms with Crippen molar-refractivity contribution in [3.05, 3.63) is 47.7 Å². The second kappa shape index (κ2) is 7.13. The molecule has 1 heterocycles. The third-order valence-electron chi connectivity index (χ3n) is 3.00. The zero-order chi connectivity index (χ0) is 15.2. The minimum Gasteiger partial charge on any atom is -0.478 e. The number of carboxylic acid groups (broad SMARTS) is 1. The van der Waals surface area contributed by atoms with Crippen molar-refractivity contribution in [2.45, 2.75) is 24.7 Å². The topological polar surface area (TPSA) is 62.2 Å². The van der Waals surface area contributed by atoms with Crippen molar-refractivity contribution in [1.29, 1.82) is 0 Å². The van der Waals surface area contributed by atoms with Gasteiger partial charge in [-0.1, -0.05) is 25.5 Å². The molecule has 0 aliphatic carbocycles. The van der Waals surface area contributed by atoms with Crippen molar-refractivity contribution >= 4 is 29.2 Å². The van der Waals surface area contributed by atoms with Gasteiger partial charge in [-0.3, -0.25) is 0 Å². The average molecular weight is 302 g/mol. The zero-order valence-corrected chi connectivity index (χ0v) is 12.9. The Morgan fingerprint density at radius 2 is 2.10 bits per heavy atom. The summed E-state index contributed by atoms with van der Waals surface area (Å²) in [5.74, 6) is -0.365. The van der Waals surface area contributed by atoms with Crippen molar-refractivity contribution in [2.75, 3.05) is 11.6 Å². The zero-order valence-electron chi connectivity index (χ0n) is 12.1. The van der Waals surface area contributed by atoms with Crippen LogP contribution < -0.4 is 5.32 Å². The molecule has 0 unspecified atom stereocenters. The van der Waals surface area contributed by atoms with Crippen LogP contribution in [0.25, 0.3) is 0 Å². The van der Waals surface area contributed by atoms with Gasteiger partial charge in [-0.2, -0.15) is 0 Å². The number of nitrogens with zero attached hydrogens (tertiary/aromatic N) is 1. The lowest BCUT2D eigenvalue weighted by atomic mass is 10.1. The van der Waals surface area contributed by atoms with E-state index in [-0.39, 0.29) is 5.56 Å². The SMILES string of the molecule is CCCc1cc(C(=O)O)cc(Nc2ccccc2SC)n1. The first-order chi connectivity index (χ1) is 10.1. The standard InChI is InChI=1S/C16H18N2O2S/c1-3-6-12-9-11(16(19)20)10-15(17-12)18-13-7-4-5-8-14(13)21-2/h4-5,7-10H,3,6H2,1-2H3,(H,17,18)(H,19,20). The highest BCUT2D eigenvalue weighted by Gasteiger charge is 2.09. The first-order valence-electron chi connectivity index (χ1n) is 6.78. The first-order valence-corrected chi connectivity index (χ1v) is 8.00. The third kappa shape index (κ3) is 3.98. The number of nitrogens with one attached hydrogen (secondary N) is 1. The Balaban J connectivity index is 2.36. The van der Waals surface area contributed by atoms with Crippen molar-refractivity contribution in [1.82, 2.24) is 4.98 Å². The molecule has 0 bridgehead atoms. The smallest absolute Gasteiger partial charge is 0.335 e. The highest BCUT2D eigenvalue weighted by Crippen LogP contribution is 2.27. The predicted octanol–water partition coefficient (Wildman–Crippen LogP) is 4.20. The molecule has 2 rings (SSSR count). The molecule has 2 N–H and O–H groups in total. The maximum absolute atomic E-state index is 11.2. The molecule has 0 amide bonds. The van der Waals surface area contributed by atoms with Gasteiger partial charge in [0, 0.05) is 10.6 Å². The summed E-state index contributed by atoms with van der Waals surface area (Å²) >= 11 is 1.63. The maximum Gasteiger partial charge on any atom is 0.335 e. The number of carbonyl (C=O) groups is 1. The Kier molecular flexibility index (Phi) is 5.22. The summed E-state index contributed by atoms with van der Waals surface area (Å²) in [5, 5.41) is 12.4. The number of pyridine rings is 1. The van der Waals surface area contributed by atoms with Crippen LogP contribution in [0.5, 0.6) is 0 Å². The lowest BCUT2D eigenvalue weighted by Gasteiger charge is -2.11. The quantitative estimate of drug-likeness (QED) is 0.783. The number of aromatic nitrogens is 1. The van der Waals surface area contributed by atoms with Gasteiger partial charge in [0.15, 0.2) is 0 Å². The van der Waals surface area contributed by atoms with E-state index in [1.807, 2.05) is 37.4 Å². The lowest BCUT2D eigenvalue weighted by molar-refractivity contribution is 0.0696. The summed E-state index contributed by atoms with van der Waals surface area (Å²) in [6.07, 6.45) is 3.70. The van der Waals surface area contributed by atoms with Crippen LogP contribution >= 0.6 is 11.8 Å². The third-order valence-corrected chi connectivity index (χ3v) is 3.80. The number of thioether (sulfide) groups is 1. The molecule has 0 fully saturated rings. The van der Waals surface area contributed by atoms with Gasteiger partial charge < -0.3 is 10.4 Å². The van der Waals surface area contributed by atoms with Crippen molar-refractivity contribution in [3.8, 4) is 0 Å². The van der Waals surface area contributed by atoms with Crippen LogP contribution in [0.15, 0.2) is 41.3 Å². The second-order valence-corrected chi connectivity index (χ2v) is 5.46. The second-order valence-electron chi connectivity index (χ2n) is 4.61. The molecule has 1 aromatic carbocycles. The molecule has 2 aromatic rings. The van der Waals surface area contributed by atoms with Crippen LogP contribution in [0.1, 0.15) is 29.4 Å². The fourth-order valence-corrected chi connectivity index (χ4v) is 2.60. The molecule has 0 aliphatic heterocycles. The van der Waals surface area contributed by atoms with E-state index in [1.165, 1.54) is 0 Å². The van der Waals surface area contributed by atoms with E-state index in [0.29, 0.717) is 5.82 Å². The average Bonchev–Trinajstić information content (AvgIpc) is 2.48. The molecular weight excluding hydrogens is 284 g/mol. The molecule has 0 atom stereocenters. The van der Waals surface area contributed by atoms with Gasteiger partial charge in [0.2, 0.25) is 0 Å². The van der Waals surface area contributed by atoms with Crippen LogP contribution in [0.2, 0.25) is 0 Å². The Bertz CT molecular complexity index is 644. The van der Waals surface area contributed by atoms with Crippen molar-refractivity contribution in [2.24, 2.45) is 0 Å². The van der Waals surface area contributed by atoms with Gasteiger partial charge in [-0.05, 0) is 36.9 Å². The van der Waals surface area contributed by atoms with E-state index in [2.05, 4.69) is 10.3 Å². The van der Waals surface area contributed by atoms with Gasteiger partial charge in [0.25, 0.3) is 0 Å². The number of rotatable bonds is 6. The van der Waals surface area contributed by atoms with E-state index in [4.69, 9.17) is 0 Å². The van der Waals surface area contributed by atoms with Gasteiger partial charge >= 0.3 is 5.97 Å². The number of aryl methyl sites for hydroxylation is 1. The highest BCUT2D eigenvalue weighted by atomic mass is 32.2. The molecule has 4 nitrogen and oxygen atoms in total. The molecular formula is C16H18N2O2S. The van der Waals surface area contributed by atoms with E-state index in [9.17, 15) is 9.90 Å². The van der Waals surface area contributed by atoms with Crippen LogP contribution in [-0.4, -0.2) is 22.3 Å². The monoisotopic (exact) mass is 302 g/mol. The Morgan fingerprint density at radius 3 is 2.76 bits per heavy atom. The Labute approximate surface area is 128 Å². The number of carboxylic acids is 1. The van der Waals surface area contributed by atoms with Crippen LogP contribution in [-0.2, 0) is 6.42 Å². The maximum atomic E-state index is 11.2. The Morgan fingerprint density at radius 1 is 1.33 bits per heavy atom. The van der Waals surface area contributed by atoms with Crippen LogP contribution in [0, 0.1) is 0 Å². The van der Waals surface area contributed by atoms with E-state index in [1.54, 1.807) is 23.9 Å². The molecule has 21 heavy (non-hydrogen) atoms. The van der Waals surface area contributed by atoms with Gasteiger partial charge in [0.05, 0.1) is 11.3 Å². The summed E-state index contributed by atoms with van der Waals surface area (Å²) in [5.41, 5.74) is 1.99. The minimum atomic E-state index is -0.934. The fraction of sp³-hybridized carbons (Fsp3) is 0.250. The van der Waals surface area contributed by atoms with E-state index in [0.717, 1.165) is 29.1 Å². The number of aromatic carboxylic acids is 1. The number of hydrogen-bond acceptors (Lipinski definition) is 4. The summed E-state index contributed by atoms with van der Waals surface area (Å²) in [7, 11) is 0. The summed E-state index contributed by atoms with van der Waals surface area (Å²) in [6.45, 7) is 2.05. The van der Waals surface area contributed by atoms with Gasteiger partial charge in [0.1, 0.15) is 5.82 Å². The summed E-state index contributed by atoms with van der Waals surface area (Å²) < 4.78 is 0. The number of hydrogen-bond donors (Lipinski definition) is 2. The van der Waals surface area contributed by atoms with E-state index >= 15 is 0 Å². The van der Waals surface area contributed by atoms with Crippen LogP contribution in [0.3, 0.4) is 0 Å². The molecule has 0 saturated heterocycles. The highest BCUT2D eigenvalue weighted by molar-refractivity contribution is 7.98. The van der Waals surface area contributed by atoms with Crippen LogP contribution in [0.4, 0.5) is 11.5 Å². The molecule has 110 valence electrons. The van der Waals surface area contributed by atoms with Crippen molar-refractivity contribution in [3.63, 3.8) is 0 Å². The van der Waals surface area contributed by atoms with Crippen molar-refractivity contribution < 1.29 is 9.90 Å². The molecule has 0 saturated carbocycles. The summed E-state index contributed by atoms with van der Waals surface area (Å²) in [6, 6.07) is 11.1. The summed E-state index contributed by atoms with van der Waals surface area (Å²) in [4.78, 5) is 16.8. The predicted molar refractivity (Wildman–Crippen MR) is 86.7 cm³/mol. The van der Waals surface area contributed by atoms with E-state index < -0.39 is 5.97 Å². The largest absolute Gasteiger partial charge is 0.478 e. The minimum absolute atomic E-state index is 0.262. The molecule has 0 aliphatic rings. The molecule has 1 aromatic heterocycles.